The van der Waals surface area contributed by atoms with Gasteiger partial charge in [-0.3, -0.25) is 5.43 Å². The number of hydrogen-bond donors (Lipinski definition) is 3. The van der Waals surface area contributed by atoms with E-state index in [1.165, 1.54) is 0 Å². The highest BCUT2D eigenvalue weighted by atomic mass is 16.5. The van der Waals surface area contributed by atoms with E-state index in [2.05, 4.69) is 20.7 Å². The SMILES string of the molecule is COc1ccc(CNc2cc(C)nc(NN)n2)c(OC)c1. The standard InChI is InChI=1S/C14H19N5O2/c1-9-6-13(18-14(17-9)19-15)16-8-10-4-5-11(20-2)7-12(10)21-3/h4-7H,8,15H2,1-3H3,(H2,16,17,18,19). The third kappa shape index (κ3) is 3.73. The molecule has 0 saturated carbocycles. The van der Waals surface area contributed by atoms with Gasteiger partial charge in [-0.2, -0.15) is 4.98 Å². The number of ether oxygens (including phenoxy) is 2. The fourth-order valence-corrected chi connectivity index (χ4v) is 1.91. The fraction of sp³-hybridized carbons (Fsp3) is 0.286. The summed E-state index contributed by atoms with van der Waals surface area (Å²) in [7, 11) is 3.25. The number of hydrogen-bond acceptors (Lipinski definition) is 7. The first-order valence-corrected chi connectivity index (χ1v) is 6.43. The second-order valence-electron chi connectivity index (χ2n) is 4.39. The molecule has 0 radical (unpaired) electrons. The predicted octanol–water partition coefficient (Wildman–Crippen LogP) is 1.70. The smallest absolute Gasteiger partial charge is 0.239 e. The van der Waals surface area contributed by atoms with Crippen LogP contribution in [-0.2, 0) is 6.54 Å². The summed E-state index contributed by atoms with van der Waals surface area (Å²) in [5, 5.41) is 3.22. The Morgan fingerprint density at radius 3 is 2.62 bits per heavy atom. The molecule has 7 nitrogen and oxygen atoms in total. The number of benzene rings is 1. The Balaban J connectivity index is 2.14. The highest BCUT2D eigenvalue weighted by Gasteiger charge is 2.06. The summed E-state index contributed by atoms with van der Waals surface area (Å²) in [6, 6.07) is 7.52. The molecule has 0 aliphatic carbocycles. The van der Waals surface area contributed by atoms with Crippen LogP contribution in [0.15, 0.2) is 24.3 Å². The van der Waals surface area contributed by atoms with Gasteiger partial charge in [0.2, 0.25) is 5.95 Å². The molecular weight excluding hydrogens is 270 g/mol. The Bertz CT molecular complexity index is 618. The number of rotatable bonds is 6. The number of nitrogen functional groups attached to an aromatic ring is 1. The number of nitrogens with zero attached hydrogens (tertiary/aromatic N) is 2. The molecule has 0 spiro atoms. The van der Waals surface area contributed by atoms with Crippen molar-refractivity contribution in [3.8, 4) is 11.5 Å². The zero-order valence-corrected chi connectivity index (χ0v) is 12.3. The van der Waals surface area contributed by atoms with Crippen LogP contribution in [0.2, 0.25) is 0 Å². The molecular formula is C14H19N5O2. The maximum absolute atomic E-state index is 5.36. The molecule has 0 unspecified atom stereocenters. The van der Waals surface area contributed by atoms with Gasteiger partial charge in [0.25, 0.3) is 0 Å². The van der Waals surface area contributed by atoms with E-state index < -0.39 is 0 Å². The zero-order valence-electron chi connectivity index (χ0n) is 12.3. The van der Waals surface area contributed by atoms with Crippen LogP contribution >= 0.6 is 0 Å². The predicted molar refractivity (Wildman–Crippen MR) is 81.5 cm³/mol. The van der Waals surface area contributed by atoms with E-state index in [1.807, 2.05) is 31.2 Å². The van der Waals surface area contributed by atoms with Crippen LogP contribution < -0.4 is 26.1 Å². The molecule has 0 aliphatic rings. The third-order valence-electron chi connectivity index (χ3n) is 2.94. The van der Waals surface area contributed by atoms with E-state index in [9.17, 15) is 0 Å². The van der Waals surface area contributed by atoms with Crippen LogP contribution in [-0.4, -0.2) is 24.2 Å². The summed E-state index contributed by atoms with van der Waals surface area (Å²) in [5.41, 5.74) is 4.26. The van der Waals surface area contributed by atoms with E-state index in [0.717, 1.165) is 22.8 Å². The molecule has 112 valence electrons. The number of methoxy groups -OCH3 is 2. The Morgan fingerprint density at radius 1 is 1.14 bits per heavy atom. The van der Waals surface area contributed by atoms with Crippen LogP contribution in [0, 0.1) is 6.92 Å². The maximum Gasteiger partial charge on any atom is 0.239 e. The number of hydrazine groups is 1. The van der Waals surface area contributed by atoms with Gasteiger partial charge >= 0.3 is 0 Å². The molecule has 4 N–H and O–H groups in total. The molecule has 0 amide bonds. The number of aromatic nitrogens is 2. The highest BCUT2D eigenvalue weighted by molar-refractivity contribution is 5.46. The molecule has 0 atom stereocenters. The first-order valence-electron chi connectivity index (χ1n) is 6.43. The van der Waals surface area contributed by atoms with Gasteiger partial charge in [0.1, 0.15) is 17.3 Å². The molecule has 7 heteroatoms. The quantitative estimate of drug-likeness (QED) is 0.550. The average molecular weight is 289 g/mol. The minimum Gasteiger partial charge on any atom is -0.497 e. The second-order valence-corrected chi connectivity index (χ2v) is 4.39. The van der Waals surface area contributed by atoms with Crippen molar-refractivity contribution in [2.45, 2.75) is 13.5 Å². The van der Waals surface area contributed by atoms with E-state index in [4.69, 9.17) is 15.3 Å². The Hall–Kier alpha value is -2.54. The summed E-state index contributed by atoms with van der Waals surface area (Å²) < 4.78 is 10.5. The molecule has 0 saturated heterocycles. The molecule has 0 fully saturated rings. The second kappa shape index (κ2) is 6.76. The van der Waals surface area contributed by atoms with Crippen LogP contribution in [0.25, 0.3) is 0 Å². The largest absolute Gasteiger partial charge is 0.497 e. The van der Waals surface area contributed by atoms with Gasteiger partial charge in [0.15, 0.2) is 0 Å². The summed E-state index contributed by atoms with van der Waals surface area (Å²) in [6.45, 7) is 2.44. The van der Waals surface area contributed by atoms with Gasteiger partial charge in [-0.1, -0.05) is 0 Å². The Labute approximate surface area is 123 Å². The molecule has 2 aromatic rings. The third-order valence-corrected chi connectivity index (χ3v) is 2.94. The van der Waals surface area contributed by atoms with Crippen molar-refractivity contribution in [3.05, 3.63) is 35.5 Å². The van der Waals surface area contributed by atoms with Crippen LogP contribution in [0.1, 0.15) is 11.3 Å². The van der Waals surface area contributed by atoms with Gasteiger partial charge in [0, 0.05) is 29.9 Å². The van der Waals surface area contributed by atoms with Crippen LogP contribution in [0.3, 0.4) is 0 Å². The number of aryl methyl sites for hydroxylation is 1. The first kappa shape index (κ1) is 14.9. The van der Waals surface area contributed by atoms with Crippen molar-refractivity contribution in [3.63, 3.8) is 0 Å². The Kier molecular flexibility index (Phi) is 4.78. The van der Waals surface area contributed by atoms with Crippen molar-refractivity contribution in [1.82, 2.24) is 9.97 Å². The zero-order chi connectivity index (χ0) is 15.2. The molecule has 0 aliphatic heterocycles. The maximum atomic E-state index is 5.36. The van der Waals surface area contributed by atoms with Crippen LogP contribution in [0.5, 0.6) is 11.5 Å². The fourth-order valence-electron chi connectivity index (χ4n) is 1.91. The minimum absolute atomic E-state index is 0.374. The van der Waals surface area contributed by atoms with E-state index in [1.54, 1.807) is 14.2 Å². The van der Waals surface area contributed by atoms with Crippen molar-refractivity contribution in [1.29, 1.82) is 0 Å². The number of nitrogens with two attached hydrogens (primary N) is 1. The Morgan fingerprint density at radius 2 is 1.95 bits per heavy atom. The van der Waals surface area contributed by atoms with Gasteiger partial charge < -0.3 is 14.8 Å². The lowest BCUT2D eigenvalue weighted by atomic mass is 10.2. The van der Waals surface area contributed by atoms with Crippen molar-refractivity contribution in [2.75, 3.05) is 25.0 Å². The lowest BCUT2D eigenvalue weighted by Gasteiger charge is -2.12. The molecule has 21 heavy (non-hydrogen) atoms. The molecule has 2 rings (SSSR count). The topological polar surface area (TPSA) is 94.3 Å². The summed E-state index contributed by atoms with van der Waals surface area (Å²) in [5.74, 6) is 7.91. The van der Waals surface area contributed by atoms with E-state index in [-0.39, 0.29) is 0 Å². The van der Waals surface area contributed by atoms with Crippen LogP contribution in [0.4, 0.5) is 11.8 Å². The first-order chi connectivity index (χ1) is 10.2. The monoisotopic (exact) mass is 289 g/mol. The van der Waals surface area contributed by atoms with Gasteiger partial charge in [-0.15, -0.1) is 0 Å². The average Bonchev–Trinajstić information content (AvgIpc) is 2.52. The molecule has 0 bridgehead atoms. The van der Waals surface area contributed by atoms with Gasteiger partial charge in [-0.25, -0.2) is 10.8 Å². The van der Waals surface area contributed by atoms with E-state index in [0.29, 0.717) is 18.3 Å². The van der Waals surface area contributed by atoms with Crippen molar-refractivity contribution in [2.24, 2.45) is 5.84 Å². The highest BCUT2D eigenvalue weighted by Crippen LogP contribution is 2.25. The summed E-state index contributed by atoms with van der Waals surface area (Å²) in [4.78, 5) is 8.37. The summed E-state index contributed by atoms with van der Waals surface area (Å²) in [6.07, 6.45) is 0. The molecule has 1 heterocycles. The lowest BCUT2D eigenvalue weighted by Crippen LogP contribution is -2.12. The lowest BCUT2D eigenvalue weighted by molar-refractivity contribution is 0.391. The normalized spacial score (nSPS) is 10.1. The summed E-state index contributed by atoms with van der Waals surface area (Å²) >= 11 is 0. The number of anilines is 2. The number of nitrogens with one attached hydrogen (secondary N) is 2. The molecule has 1 aromatic carbocycles. The van der Waals surface area contributed by atoms with Gasteiger partial charge in [0.05, 0.1) is 14.2 Å². The van der Waals surface area contributed by atoms with E-state index >= 15 is 0 Å². The minimum atomic E-state index is 0.374. The molecule has 1 aromatic heterocycles. The van der Waals surface area contributed by atoms with Gasteiger partial charge in [-0.05, 0) is 19.1 Å². The van der Waals surface area contributed by atoms with Crippen molar-refractivity contribution >= 4 is 11.8 Å². The van der Waals surface area contributed by atoms with Crippen molar-refractivity contribution < 1.29 is 9.47 Å².